The molecule has 1 aliphatic heterocycles. The van der Waals surface area contributed by atoms with Gasteiger partial charge in [0.2, 0.25) is 0 Å². The topological polar surface area (TPSA) is 47.4 Å². The summed E-state index contributed by atoms with van der Waals surface area (Å²) in [4.78, 5) is 18.8. The molecule has 3 heterocycles. The van der Waals surface area contributed by atoms with Gasteiger partial charge < -0.3 is 9.30 Å². The lowest BCUT2D eigenvalue weighted by Crippen LogP contribution is -2.39. The maximum atomic E-state index is 12.2. The molecule has 1 saturated heterocycles. The Morgan fingerprint density at radius 1 is 1.26 bits per heavy atom. The molecule has 1 fully saturated rings. The summed E-state index contributed by atoms with van der Waals surface area (Å²) < 4.78 is 7.54. The van der Waals surface area contributed by atoms with E-state index in [2.05, 4.69) is 50.8 Å². The average molecular weight is 363 g/mol. The average Bonchev–Trinajstić information content (AvgIpc) is 3.07. The van der Waals surface area contributed by atoms with E-state index in [1.165, 1.54) is 5.69 Å². The van der Waals surface area contributed by atoms with Gasteiger partial charge in [0, 0.05) is 42.3 Å². The fraction of sp³-hybridized carbons (Fsp3) is 0.364. The summed E-state index contributed by atoms with van der Waals surface area (Å²) in [6.45, 7) is 4.88. The first-order valence-electron chi connectivity index (χ1n) is 9.65. The number of ether oxygens (including phenoxy) is 1. The van der Waals surface area contributed by atoms with Crippen molar-refractivity contribution < 1.29 is 9.53 Å². The second kappa shape index (κ2) is 7.92. The summed E-state index contributed by atoms with van der Waals surface area (Å²) in [6, 6.07) is 14.7. The highest BCUT2D eigenvalue weighted by molar-refractivity contribution is 5.82. The maximum absolute atomic E-state index is 12.2. The molecule has 0 N–H and O–H groups in total. The smallest absolute Gasteiger partial charge is 0.310 e. The zero-order valence-corrected chi connectivity index (χ0v) is 15.7. The highest BCUT2D eigenvalue weighted by Crippen LogP contribution is 2.26. The number of carbonyl (C=O) groups is 1. The lowest BCUT2D eigenvalue weighted by Gasteiger charge is -2.31. The van der Waals surface area contributed by atoms with Crippen molar-refractivity contribution in [1.29, 1.82) is 0 Å². The molecule has 0 radical (unpaired) electrons. The summed E-state index contributed by atoms with van der Waals surface area (Å²) in [5, 5.41) is 1.13. The van der Waals surface area contributed by atoms with Gasteiger partial charge in [0.05, 0.1) is 18.0 Å². The molecule has 1 aromatic carbocycles. The number of likely N-dealkylation sites (tertiary alicyclic amines) is 1. The number of aromatic nitrogens is 2. The Morgan fingerprint density at radius 2 is 2.11 bits per heavy atom. The highest BCUT2D eigenvalue weighted by Gasteiger charge is 2.27. The quantitative estimate of drug-likeness (QED) is 0.647. The first-order valence-corrected chi connectivity index (χ1v) is 9.65. The number of pyridine rings is 1. The number of rotatable bonds is 5. The van der Waals surface area contributed by atoms with Gasteiger partial charge in [0.25, 0.3) is 0 Å². The number of esters is 1. The van der Waals surface area contributed by atoms with Gasteiger partial charge in [-0.05, 0) is 50.6 Å². The molecule has 0 aliphatic carbocycles. The third-order valence-electron chi connectivity index (χ3n) is 5.20. The normalized spacial score (nSPS) is 17.9. The summed E-state index contributed by atoms with van der Waals surface area (Å²) in [5.41, 5.74) is 3.52. The van der Waals surface area contributed by atoms with E-state index in [1.54, 1.807) is 0 Å². The van der Waals surface area contributed by atoms with Gasteiger partial charge in [-0.1, -0.05) is 18.2 Å². The molecule has 27 heavy (non-hydrogen) atoms. The van der Waals surface area contributed by atoms with E-state index < -0.39 is 0 Å². The van der Waals surface area contributed by atoms with E-state index in [4.69, 9.17) is 4.74 Å². The molecule has 1 aliphatic rings. The molecule has 140 valence electrons. The van der Waals surface area contributed by atoms with Crippen LogP contribution in [0.15, 0.2) is 54.9 Å². The Hall–Kier alpha value is -2.66. The summed E-state index contributed by atoms with van der Waals surface area (Å²) >= 11 is 0. The van der Waals surface area contributed by atoms with E-state index >= 15 is 0 Å². The number of nitrogens with zero attached hydrogens (tertiary/aromatic N) is 3. The van der Waals surface area contributed by atoms with Crippen molar-refractivity contribution in [3.05, 3.63) is 60.6 Å². The fourth-order valence-corrected chi connectivity index (χ4v) is 3.99. The lowest BCUT2D eigenvalue weighted by molar-refractivity contribution is -0.150. The minimum atomic E-state index is -0.0602. The molecular formula is C22H25N3O2. The fourth-order valence-electron chi connectivity index (χ4n) is 3.99. The molecule has 0 bridgehead atoms. The van der Waals surface area contributed by atoms with E-state index in [1.807, 2.05) is 25.4 Å². The molecular weight excluding hydrogens is 338 g/mol. The number of hydrogen-bond acceptors (Lipinski definition) is 4. The molecule has 5 heteroatoms. The number of piperidine rings is 1. The minimum absolute atomic E-state index is 0.0186. The second-order valence-corrected chi connectivity index (χ2v) is 7.07. The van der Waals surface area contributed by atoms with Crippen molar-refractivity contribution in [1.82, 2.24) is 14.5 Å². The van der Waals surface area contributed by atoms with Crippen LogP contribution in [0.2, 0.25) is 0 Å². The van der Waals surface area contributed by atoms with Crippen molar-refractivity contribution in [2.75, 3.05) is 19.7 Å². The standard InChI is InChI=1S/C22H25N3O2/c1-2-27-22(26)17-7-6-12-24(15-17)16-20-13-18-14-23-11-10-21(18)25(20)19-8-4-3-5-9-19/h3-5,8-11,13-14,17H,2,6-7,12,15-16H2,1H3. The molecule has 1 unspecified atom stereocenters. The zero-order valence-electron chi connectivity index (χ0n) is 15.7. The van der Waals surface area contributed by atoms with Gasteiger partial charge in [-0.25, -0.2) is 0 Å². The van der Waals surface area contributed by atoms with Crippen molar-refractivity contribution in [3.8, 4) is 5.69 Å². The third-order valence-corrected chi connectivity index (χ3v) is 5.20. The van der Waals surface area contributed by atoms with Crippen LogP contribution in [0, 0.1) is 5.92 Å². The van der Waals surface area contributed by atoms with Crippen molar-refractivity contribution in [2.45, 2.75) is 26.3 Å². The van der Waals surface area contributed by atoms with E-state index in [0.717, 1.165) is 49.1 Å². The summed E-state index contributed by atoms with van der Waals surface area (Å²) in [6.07, 6.45) is 5.69. The van der Waals surface area contributed by atoms with Crippen LogP contribution in [0.3, 0.4) is 0 Å². The van der Waals surface area contributed by atoms with Crippen LogP contribution in [-0.4, -0.2) is 40.1 Å². The Balaban J connectivity index is 1.63. The zero-order chi connectivity index (χ0) is 18.6. The molecule has 4 rings (SSSR count). The van der Waals surface area contributed by atoms with E-state index in [0.29, 0.717) is 6.61 Å². The predicted octanol–water partition coefficient (Wildman–Crippen LogP) is 3.80. The number of hydrogen-bond donors (Lipinski definition) is 0. The Bertz CT molecular complexity index is 920. The van der Waals surface area contributed by atoms with Crippen LogP contribution >= 0.6 is 0 Å². The molecule has 0 amide bonds. The van der Waals surface area contributed by atoms with Crippen LogP contribution in [0.5, 0.6) is 0 Å². The second-order valence-electron chi connectivity index (χ2n) is 7.07. The number of para-hydroxylation sites is 1. The summed E-state index contributed by atoms with van der Waals surface area (Å²) in [7, 11) is 0. The van der Waals surface area contributed by atoms with Gasteiger partial charge >= 0.3 is 5.97 Å². The molecule has 1 atom stereocenters. The van der Waals surface area contributed by atoms with Gasteiger partial charge in [0.1, 0.15) is 0 Å². The largest absolute Gasteiger partial charge is 0.466 e. The lowest BCUT2D eigenvalue weighted by atomic mass is 9.98. The van der Waals surface area contributed by atoms with Crippen molar-refractivity contribution >= 4 is 16.9 Å². The molecule has 2 aromatic heterocycles. The highest BCUT2D eigenvalue weighted by atomic mass is 16.5. The third kappa shape index (κ3) is 3.74. The van der Waals surface area contributed by atoms with Crippen LogP contribution in [0.4, 0.5) is 0 Å². The van der Waals surface area contributed by atoms with Crippen LogP contribution in [0.1, 0.15) is 25.5 Å². The van der Waals surface area contributed by atoms with E-state index in [-0.39, 0.29) is 11.9 Å². The molecule has 3 aromatic rings. The van der Waals surface area contributed by atoms with Gasteiger partial charge in [0.15, 0.2) is 0 Å². The van der Waals surface area contributed by atoms with Gasteiger partial charge in [-0.3, -0.25) is 14.7 Å². The summed E-state index contributed by atoms with van der Waals surface area (Å²) in [5.74, 6) is -0.0788. The van der Waals surface area contributed by atoms with Gasteiger partial charge in [-0.15, -0.1) is 0 Å². The predicted molar refractivity (Wildman–Crippen MR) is 106 cm³/mol. The van der Waals surface area contributed by atoms with Crippen LogP contribution in [0.25, 0.3) is 16.6 Å². The molecule has 0 saturated carbocycles. The number of carbonyl (C=O) groups excluding carboxylic acids is 1. The Labute approximate surface area is 159 Å². The minimum Gasteiger partial charge on any atom is -0.466 e. The van der Waals surface area contributed by atoms with Crippen molar-refractivity contribution in [3.63, 3.8) is 0 Å². The molecule has 0 spiro atoms. The number of fused-ring (bicyclic) bond motifs is 1. The molecule has 5 nitrogen and oxygen atoms in total. The van der Waals surface area contributed by atoms with Crippen LogP contribution in [-0.2, 0) is 16.1 Å². The SMILES string of the molecule is CCOC(=O)C1CCCN(Cc2cc3cnccc3n2-c2ccccc2)C1. The van der Waals surface area contributed by atoms with Gasteiger partial charge in [-0.2, -0.15) is 0 Å². The Kier molecular flexibility index (Phi) is 5.21. The van der Waals surface area contributed by atoms with E-state index in [9.17, 15) is 4.79 Å². The Morgan fingerprint density at radius 3 is 2.93 bits per heavy atom. The number of benzene rings is 1. The monoisotopic (exact) mass is 363 g/mol. The first kappa shape index (κ1) is 17.7. The maximum Gasteiger partial charge on any atom is 0.310 e. The van der Waals surface area contributed by atoms with Crippen LogP contribution < -0.4 is 0 Å². The first-order chi connectivity index (χ1) is 13.3. The van der Waals surface area contributed by atoms with Crippen molar-refractivity contribution in [2.24, 2.45) is 5.92 Å².